The lowest BCUT2D eigenvalue weighted by molar-refractivity contribution is -0.139. The Morgan fingerprint density at radius 3 is 2.24 bits per heavy atom. The lowest BCUT2D eigenvalue weighted by atomic mass is 9.96. The van der Waals surface area contributed by atoms with Gasteiger partial charge in [-0.3, -0.25) is 0 Å². The number of aliphatic hydroxyl groups is 1. The highest BCUT2D eigenvalue weighted by atomic mass is 16.4. The molecule has 0 rings (SSSR count). The lowest BCUT2D eigenvalue weighted by Crippen LogP contribution is -2.48. The molecule has 0 aliphatic rings. The first-order valence-corrected chi connectivity index (χ1v) is 5.52. The fourth-order valence-electron chi connectivity index (χ4n) is 1.43. The first-order valence-electron chi connectivity index (χ1n) is 5.52. The first kappa shape index (κ1) is 15.7. The predicted octanol–water partition coefficient (Wildman–Crippen LogP) is 0.509. The van der Waals surface area contributed by atoms with Crippen molar-refractivity contribution >= 4 is 12.0 Å². The van der Waals surface area contributed by atoms with Gasteiger partial charge in [-0.2, -0.15) is 0 Å². The van der Waals surface area contributed by atoms with E-state index in [0.29, 0.717) is 6.54 Å². The molecule has 100 valence electrons. The molecular formula is C11H22N2O4. The Morgan fingerprint density at radius 2 is 1.88 bits per heavy atom. The van der Waals surface area contributed by atoms with Crippen LogP contribution in [0.4, 0.5) is 4.79 Å². The topological polar surface area (TPSA) is 89.9 Å². The molecule has 0 aliphatic heterocycles. The highest BCUT2D eigenvalue weighted by molar-refractivity contribution is 5.82. The number of carboxylic acid groups (broad SMARTS) is 1. The molecule has 1 unspecified atom stereocenters. The van der Waals surface area contributed by atoms with Crippen molar-refractivity contribution in [2.75, 3.05) is 20.2 Å². The van der Waals surface area contributed by atoms with E-state index in [1.54, 1.807) is 7.05 Å². The second-order valence-electron chi connectivity index (χ2n) is 5.27. The molecule has 2 amide bonds. The molecule has 0 heterocycles. The van der Waals surface area contributed by atoms with Gasteiger partial charge in [0, 0.05) is 26.6 Å². The van der Waals surface area contributed by atoms with Crippen LogP contribution in [0.15, 0.2) is 0 Å². The Bertz CT molecular complexity index is 273. The standard InChI is InChI=1S/C11H22N2O4/c1-11(2,3)7-13(4)10(17)12-8(5-6-14)9(15)16/h8,14H,5-7H2,1-4H3,(H,12,17)(H,15,16). The number of rotatable bonds is 5. The zero-order valence-electron chi connectivity index (χ0n) is 10.9. The van der Waals surface area contributed by atoms with Crippen molar-refractivity contribution in [3.8, 4) is 0 Å². The van der Waals surface area contributed by atoms with Crippen LogP contribution in [0, 0.1) is 5.41 Å². The average Bonchev–Trinajstić information content (AvgIpc) is 2.13. The van der Waals surface area contributed by atoms with Gasteiger partial charge in [-0.05, 0) is 5.41 Å². The SMILES string of the molecule is CN(CC(C)(C)C)C(=O)NC(CCO)C(=O)O. The summed E-state index contributed by atoms with van der Waals surface area (Å²) in [4.78, 5) is 23.9. The monoisotopic (exact) mass is 246 g/mol. The number of aliphatic carboxylic acids is 1. The normalized spacial score (nSPS) is 13.0. The first-order chi connectivity index (χ1) is 7.67. The number of carbonyl (C=O) groups is 2. The minimum atomic E-state index is -1.14. The minimum absolute atomic E-state index is 0.00440. The molecule has 3 N–H and O–H groups in total. The van der Waals surface area contributed by atoms with Gasteiger partial charge in [0.15, 0.2) is 0 Å². The van der Waals surface area contributed by atoms with E-state index >= 15 is 0 Å². The molecule has 0 bridgehead atoms. The third kappa shape index (κ3) is 6.78. The molecule has 0 radical (unpaired) electrons. The second-order valence-corrected chi connectivity index (χ2v) is 5.27. The molecule has 0 fully saturated rings. The number of hydrogen-bond acceptors (Lipinski definition) is 3. The molecular weight excluding hydrogens is 224 g/mol. The van der Waals surface area contributed by atoms with E-state index in [1.165, 1.54) is 4.90 Å². The van der Waals surface area contributed by atoms with Gasteiger partial charge in [-0.25, -0.2) is 9.59 Å². The van der Waals surface area contributed by atoms with E-state index in [2.05, 4.69) is 5.32 Å². The zero-order chi connectivity index (χ0) is 13.6. The summed E-state index contributed by atoms with van der Waals surface area (Å²) in [6.45, 7) is 6.20. The Kier molecular flexibility index (Phi) is 5.95. The zero-order valence-corrected chi connectivity index (χ0v) is 10.9. The van der Waals surface area contributed by atoms with Crippen LogP contribution < -0.4 is 5.32 Å². The molecule has 17 heavy (non-hydrogen) atoms. The van der Waals surface area contributed by atoms with Crippen molar-refractivity contribution < 1.29 is 19.8 Å². The van der Waals surface area contributed by atoms with Gasteiger partial charge in [0.1, 0.15) is 6.04 Å². The molecule has 0 aromatic carbocycles. The third-order valence-electron chi connectivity index (χ3n) is 2.07. The maximum Gasteiger partial charge on any atom is 0.326 e. The van der Waals surface area contributed by atoms with Crippen molar-refractivity contribution in [1.29, 1.82) is 0 Å². The highest BCUT2D eigenvalue weighted by Gasteiger charge is 2.23. The Morgan fingerprint density at radius 1 is 1.35 bits per heavy atom. The summed E-state index contributed by atoms with van der Waals surface area (Å²) in [5, 5.41) is 19.9. The maximum atomic E-state index is 11.7. The fourth-order valence-corrected chi connectivity index (χ4v) is 1.43. The summed E-state index contributed by atoms with van der Waals surface area (Å²) in [6.07, 6.45) is 0.00440. The van der Waals surface area contributed by atoms with Gasteiger partial charge in [0.25, 0.3) is 0 Å². The van der Waals surface area contributed by atoms with Crippen LogP contribution in [0.2, 0.25) is 0 Å². The summed E-state index contributed by atoms with van der Waals surface area (Å²) in [5.74, 6) is -1.14. The summed E-state index contributed by atoms with van der Waals surface area (Å²) in [6, 6.07) is -1.49. The van der Waals surface area contributed by atoms with Crippen LogP contribution in [-0.2, 0) is 4.79 Å². The third-order valence-corrected chi connectivity index (χ3v) is 2.07. The summed E-state index contributed by atoms with van der Waals surface area (Å²) >= 11 is 0. The van der Waals surface area contributed by atoms with Crippen molar-refractivity contribution in [2.45, 2.75) is 33.2 Å². The maximum absolute atomic E-state index is 11.7. The van der Waals surface area contributed by atoms with Gasteiger partial charge in [-0.1, -0.05) is 20.8 Å². The van der Waals surface area contributed by atoms with Gasteiger partial charge in [0.2, 0.25) is 0 Å². The Balaban J connectivity index is 4.35. The molecule has 1 atom stereocenters. The lowest BCUT2D eigenvalue weighted by Gasteiger charge is -2.27. The van der Waals surface area contributed by atoms with Crippen molar-refractivity contribution in [3.63, 3.8) is 0 Å². The van der Waals surface area contributed by atoms with Crippen LogP contribution in [0.3, 0.4) is 0 Å². The molecule has 6 heteroatoms. The molecule has 0 aliphatic carbocycles. The molecule has 0 aromatic heterocycles. The van der Waals surface area contributed by atoms with Crippen molar-refractivity contribution in [2.24, 2.45) is 5.41 Å². The molecule has 0 saturated heterocycles. The van der Waals surface area contributed by atoms with E-state index in [0.717, 1.165) is 0 Å². The van der Waals surface area contributed by atoms with Crippen LogP contribution in [0.5, 0.6) is 0 Å². The van der Waals surface area contributed by atoms with Gasteiger partial charge in [-0.15, -0.1) is 0 Å². The molecule has 0 spiro atoms. The minimum Gasteiger partial charge on any atom is -0.480 e. The molecule has 6 nitrogen and oxygen atoms in total. The van der Waals surface area contributed by atoms with E-state index in [9.17, 15) is 9.59 Å². The van der Waals surface area contributed by atoms with Crippen LogP contribution >= 0.6 is 0 Å². The highest BCUT2D eigenvalue weighted by Crippen LogP contribution is 2.14. The number of carbonyl (C=O) groups excluding carboxylic acids is 1. The molecule has 0 aromatic rings. The van der Waals surface area contributed by atoms with Gasteiger partial charge < -0.3 is 20.4 Å². The Hall–Kier alpha value is -1.30. The van der Waals surface area contributed by atoms with Crippen LogP contribution in [0.25, 0.3) is 0 Å². The molecule has 0 saturated carbocycles. The summed E-state index contributed by atoms with van der Waals surface area (Å²) in [7, 11) is 1.61. The quantitative estimate of drug-likeness (QED) is 0.659. The summed E-state index contributed by atoms with van der Waals surface area (Å²) < 4.78 is 0. The average molecular weight is 246 g/mol. The van der Waals surface area contributed by atoms with Crippen LogP contribution in [-0.4, -0.2) is 53.4 Å². The number of hydrogen-bond donors (Lipinski definition) is 3. The fraction of sp³-hybridized carbons (Fsp3) is 0.818. The number of nitrogens with one attached hydrogen (secondary N) is 1. The van der Waals surface area contributed by atoms with Gasteiger partial charge >= 0.3 is 12.0 Å². The Labute approximate surface area is 102 Å². The number of urea groups is 1. The van der Waals surface area contributed by atoms with E-state index in [-0.39, 0.29) is 18.4 Å². The van der Waals surface area contributed by atoms with E-state index in [4.69, 9.17) is 10.2 Å². The number of aliphatic hydroxyl groups excluding tert-OH is 1. The smallest absolute Gasteiger partial charge is 0.326 e. The van der Waals surface area contributed by atoms with Crippen molar-refractivity contribution in [3.05, 3.63) is 0 Å². The van der Waals surface area contributed by atoms with E-state index < -0.39 is 18.0 Å². The van der Waals surface area contributed by atoms with Gasteiger partial charge in [0.05, 0.1) is 0 Å². The predicted molar refractivity (Wildman–Crippen MR) is 63.7 cm³/mol. The number of amides is 2. The second kappa shape index (κ2) is 6.44. The van der Waals surface area contributed by atoms with E-state index in [1.807, 2.05) is 20.8 Å². The van der Waals surface area contributed by atoms with Crippen molar-refractivity contribution in [1.82, 2.24) is 10.2 Å². The number of carboxylic acids is 1. The van der Waals surface area contributed by atoms with Crippen LogP contribution in [0.1, 0.15) is 27.2 Å². The number of nitrogens with zero attached hydrogens (tertiary/aromatic N) is 1. The largest absolute Gasteiger partial charge is 0.480 e. The summed E-state index contributed by atoms with van der Waals surface area (Å²) in [5.41, 5.74) is -0.0538.